The molecule has 0 bridgehead atoms. The number of benzene rings is 3. The molecule has 2 heterocycles. The number of nitrogens with one attached hydrogen (secondary N) is 2. The van der Waals surface area contributed by atoms with Gasteiger partial charge in [-0.1, -0.05) is 36.4 Å². The van der Waals surface area contributed by atoms with Crippen molar-refractivity contribution in [1.29, 1.82) is 0 Å². The van der Waals surface area contributed by atoms with Gasteiger partial charge >= 0.3 is 0 Å². The van der Waals surface area contributed by atoms with E-state index in [0.29, 0.717) is 22.5 Å². The molecule has 0 saturated carbocycles. The summed E-state index contributed by atoms with van der Waals surface area (Å²) in [6, 6.07) is 23.7. The van der Waals surface area contributed by atoms with Crippen LogP contribution >= 0.6 is 0 Å². The molecule has 5 aromatic rings. The van der Waals surface area contributed by atoms with Gasteiger partial charge in [-0.25, -0.2) is 10.5 Å². The van der Waals surface area contributed by atoms with E-state index in [9.17, 15) is 9.59 Å². The van der Waals surface area contributed by atoms with Crippen molar-refractivity contribution in [3.05, 3.63) is 114 Å². The number of furan rings is 1. The molecule has 0 radical (unpaired) electrons. The summed E-state index contributed by atoms with van der Waals surface area (Å²) in [6.07, 6.45) is 5.30. The van der Waals surface area contributed by atoms with Crippen molar-refractivity contribution >= 4 is 22.8 Å². The highest BCUT2D eigenvalue weighted by Crippen LogP contribution is 2.27. The van der Waals surface area contributed by atoms with Gasteiger partial charge in [-0.15, -0.1) is 0 Å². The third-order valence-corrected chi connectivity index (χ3v) is 5.62. The Balaban J connectivity index is 1.19. The smallest absolute Gasteiger partial charge is 0.287 e. The molecule has 37 heavy (non-hydrogen) atoms. The maximum Gasteiger partial charge on any atom is 0.287 e. The molecule has 0 aliphatic carbocycles. The predicted molar refractivity (Wildman–Crippen MR) is 136 cm³/mol. The fraction of sp³-hybridized carbons (Fsp3) is 0.107. The Bertz CT molecular complexity index is 1480. The van der Waals surface area contributed by atoms with Gasteiger partial charge in [0.1, 0.15) is 17.9 Å². The molecule has 5 rings (SSSR count). The molecule has 0 aliphatic rings. The normalized spacial score (nSPS) is 10.8. The third-order valence-electron chi connectivity index (χ3n) is 5.62. The van der Waals surface area contributed by atoms with Gasteiger partial charge in [0.05, 0.1) is 12.9 Å². The molecule has 2 N–H and O–H groups in total. The van der Waals surface area contributed by atoms with E-state index >= 15 is 0 Å². The molecule has 0 saturated heterocycles. The van der Waals surface area contributed by atoms with Crippen LogP contribution in [0, 0.1) is 0 Å². The highest BCUT2D eigenvalue weighted by molar-refractivity contribution is 5.99. The van der Waals surface area contributed by atoms with E-state index in [1.807, 2.05) is 59.3 Å². The second kappa shape index (κ2) is 11.2. The third kappa shape index (κ3) is 5.68. The van der Waals surface area contributed by atoms with Crippen LogP contribution in [0.2, 0.25) is 0 Å². The summed E-state index contributed by atoms with van der Waals surface area (Å²) >= 11 is 0. The summed E-state index contributed by atoms with van der Waals surface area (Å²) in [5.41, 5.74) is 5.03. The van der Waals surface area contributed by atoms with Gasteiger partial charge in [-0.2, -0.15) is 0 Å². The van der Waals surface area contributed by atoms with Crippen LogP contribution in [0.15, 0.2) is 102 Å². The number of hydrogen-bond donors (Lipinski definition) is 2. The van der Waals surface area contributed by atoms with Crippen molar-refractivity contribution in [1.82, 2.24) is 20.3 Å². The zero-order valence-electron chi connectivity index (χ0n) is 19.8. The van der Waals surface area contributed by atoms with Crippen molar-refractivity contribution in [2.45, 2.75) is 6.61 Å². The van der Waals surface area contributed by atoms with Gasteiger partial charge in [0.25, 0.3) is 11.8 Å². The number of carbonyl (C=O) groups excluding carboxylic acids is 2. The van der Waals surface area contributed by atoms with Crippen molar-refractivity contribution in [2.24, 2.45) is 0 Å². The number of amides is 2. The molecule has 186 valence electrons. The minimum absolute atomic E-state index is 0.0830. The van der Waals surface area contributed by atoms with Crippen LogP contribution < -0.4 is 15.5 Å². The van der Waals surface area contributed by atoms with Crippen molar-refractivity contribution < 1.29 is 23.6 Å². The molecule has 9 heteroatoms. The lowest BCUT2D eigenvalue weighted by molar-refractivity contribution is 0.0322. The van der Waals surface area contributed by atoms with E-state index in [2.05, 4.69) is 15.8 Å². The fourth-order valence-corrected chi connectivity index (χ4v) is 3.77. The topological polar surface area (TPSA) is 108 Å². The standard InChI is InChI=1S/C28H24N4O5/c33-27(20-6-2-1-3-7-20)31-36-17-15-30-28(34)26-24(23-8-4-5-9-25(23)37-26)18-35-22-12-10-21(11-13-22)32-16-14-29-19-32/h1-14,16,19H,15,17-18H2,(H,30,34)(H,31,33). The number of nitrogens with zero attached hydrogens (tertiary/aromatic N) is 2. The van der Waals surface area contributed by atoms with Crippen LogP contribution in [-0.4, -0.2) is 34.5 Å². The quantitative estimate of drug-likeness (QED) is 0.221. The summed E-state index contributed by atoms with van der Waals surface area (Å²) in [5.74, 6) is 0.0672. The number of carbonyl (C=O) groups is 2. The highest BCUT2D eigenvalue weighted by atomic mass is 16.6. The molecular weight excluding hydrogens is 472 g/mol. The minimum atomic E-state index is -0.400. The summed E-state index contributed by atoms with van der Waals surface area (Å²) in [6.45, 7) is 0.397. The average molecular weight is 497 g/mol. The van der Waals surface area contributed by atoms with Gasteiger partial charge in [0.15, 0.2) is 5.76 Å². The zero-order valence-corrected chi connectivity index (χ0v) is 19.8. The molecule has 0 atom stereocenters. The van der Waals surface area contributed by atoms with Crippen molar-refractivity contribution in [2.75, 3.05) is 13.2 Å². The van der Waals surface area contributed by atoms with E-state index in [1.165, 1.54) is 0 Å². The second-order valence-corrected chi connectivity index (χ2v) is 8.06. The maximum absolute atomic E-state index is 12.9. The Labute approximate surface area is 212 Å². The Morgan fingerprint density at radius 2 is 1.70 bits per heavy atom. The van der Waals surface area contributed by atoms with E-state index in [4.69, 9.17) is 14.0 Å². The summed E-state index contributed by atoms with van der Waals surface area (Å²) < 4.78 is 13.7. The van der Waals surface area contributed by atoms with Crippen LogP contribution in [0.25, 0.3) is 16.7 Å². The molecule has 0 spiro atoms. The Hall–Kier alpha value is -4.89. The first-order valence-electron chi connectivity index (χ1n) is 11.7. The number of fused-ring (bicyclic) bond motifs is 1. The summed E-state index contributed by atoms with van der Waals surface area (Å²) in [7, 11) is 0. The largest absolute Gasteiger partial charge is 0.489 e. The van der Waals surface area contributed by atoms with Gasteiger partial charge in [-0.3, -0.25) is 14.4 Å². The molecule has 3 aromatic carbocycles. The van der Waals surface area contributed by atoms with Crippen LogP contribution in [0.5, 0.6) is 5.75 Å². The lowest BCUT2D eigenvalue weighted by Crippen LogP contribution is -2.31. The van der Waals surface area contributed by atoms with E-state index in [0.717, 1.165) is 11.1 Å². The number of hydrogen-bond acceptors (Lipinski definition) is 6. The van der Waals surface area contributed by atoms with E-state index < -0.39 is 5.91 Å². The van der Waals surface area contributed by atoms with Crippen molar-refractivity contribution in [3.8, 4) is 11.4 Å². The first-order chi connectivity index (χ1) is 18.2. The van der Waals surface area contributed by atoms with Gasteiger partial charge in [-0.05, 0) is 42.5 Å². The number of hydroxylamine groups is 1. The Morgan fingerprint density at radius 1 is 0.919 bits per heavy atom. The van der Waals surface area contributed by atoms with Crippen LogP contribution in [-0.2, 0) is 11.4 Å². The number of aromatic nitrogens is 2. The van der Waals surface area contributed by atoms with Crippen LogP contribution in [0.3, 0.4) is 0 Å². The van der Waals surface area contributed by atoms with E-state index in [-0.39, 0.29) is 31.4 Å². The van der Waals surface area contributed by atoms with Crippen LogP contribution in [0.1, 0.15) is 26.5 Å². The second-order valence-electron chi connectivity index (χ2n) is 8.06. The molecule has 2 aromatic heterocycles. The van der Waals surface area contributed by atoms with Crippen LogP contribution in [0.4, 0.5) is 0 Å². The monoisotopic (exact) mass is 496 g/mol. The minimum Gasteiger partial charge on any atom is -0.489 e. The molecule has 2 amide bonds. The molecular formula is C28H24N4O5. The first-order valence-corrected chi connectivity index (χ1v) is 11.7. The summed E-state index contributed by atoms with van der Waals surface area (Å²) in [4.78, 5) is 34.2. The van der Waals surface area contributed by atoms with Gasteiger partial charge in [0, 0.05) is 41.1 Å². The Kier molecular flexibility index (Phi) is 7.24. The highest BCUT2D eigenvalue weighted by Gasteiger charge is 2.21. The van der Waals surface area contributed by atoms with Gasteiger partial charge in [0.2, 0.25) is 0 Å². The predicted octanol–water partition coefficient (Wildman–Crippen LogP) is 4.29. The fourth-order valence-electron chi connectivity index (χ4n) is 3.77. The maximum atomic E-state index is 12.9. The molecule has 9 nitrogen and oxygen atoms in total. The number of imidazole rings is 1. The average Bonchev–Trinajstić information content (AvgIpc) is 3.61. The zero-order chi connectivity index (χ0) is 25.5. The SMILES string of the molecule is O=C(NOCCNC(=O)c1oc2ccccc2c1COc1ccc(-n2ccnc2)cc1)c1ccccc1. The lowest BCUT2D eigenvalue weighted by atomic mass is 10.1. The molecule has 0 fully saturated rings. The number of rotatable bonds is 10. The number of ether oxygens (including phenoxy) is 1. The first kappa shape index (κ1) is 23.8. The lowest BCUT2D eigenvalue weighted by Gasteiger charge is -2.09. The van der Waals surface area contributed by atoms with E-state index in [1.54, 1.807) is 42.9 Å². The molecule has 0 aliphatic heterocycles. The summed E-state index contributed by atoms with van der Waals surface area (Å²) in [5, 5.41) is 3.56. The van der Waals surface area contributed by atoms with Crippen molar-refractivity contribution in [3.63, 3.8) is 0 Å². The molecule has 0 unspecified atom stereocenters. The Morgan fingerprint density at radius 3 is 2.49 bits per heavy atom. The number of para-hydroxylation sites is 1. The van der Waals surface area contributed by atoms with Gasteiger partial charge < -0.3 is 19.0 Å².